The molecule has 2 heteroatoms. The van der Waals surface area contributed by atoms with Crippen molar-refractivity contribution in [3.63, 3.8) is 0 Å². The van der Waals surface area contributed by atoms with Crippen LogP contribution in [0.1, 0.15) is 20.8 Å². The molecule has 0 bridgehead atoms. The van der Waals surface area contributed by atoms with Gasteiger partial charge in [-0.05, 0) is 0 Å². The van der Waals surface area contributed by atoms with Gasteiger partial charge < -0.3 is 0 Å². The number of rotatable bonds is 3. The normalized spacial score (nSPS) is 8.67. The molecule has 0 aromatic carbocycles. The second-order valence-corrected chi connectivity index (χ2v) is 14.0. The first kappa shape index (κ1) is 12.7. The van der Waals surface area contributed by atoms with Crippen LogP contribution in [0.3, 0.4) is 0 Å². The Bertz CT molecular complexity index is 30.4. The van der Waals surface area contributed by atoms with Gasteiger partial charge in [-0.1, -0.05) is 0 Å². The van der Waals surface area contributed by atoms with Gasteiger partial charge >= 0.3 is 53.8 Å². The van der Waals surface area contributed by atoms with Crippen LogP contribution in [0.2, 0.25) is 13.3 Å². The Labute approximate surface area is 71.7 Å². The van der Waals surface area contributed by atoms with E-state index in [0.29, 0.717) is 0 Å². The zero-order valence-corrected chi connectivity index (χ0v) is 11.1. The molecule has 0 saturated heterocycles. The van der Waals surface area contributed by atoms with E-state index in [9.17, 15) is 0 Å². The second-order valence-electron chi connectivity index (χ2n) is 2.09. The van der Waals surface area contributed by atoms with Crippen molar-refractivity contribution in [2.24, 2.45) is 0 Å². The molecule has 0 radical (unpaired) electrons. The van der Waals surface area contributed by atoms with E-state index in [0.717, 1.165) is 0 Å². The molecule has 0 aromatic heterocycles. The van der Waals surface area contributed by atoms with Crippen LogP contribution < -0.4 is 0 Å². The summed E-state index contributed by atoms with van der Waals surface area (Å²) in [6, 6.07) is 0. The molecule has 0 rings (SSSR count). The molecule has 0 N–H and O–H groups in total. The number of alkyl halides is 1. The number of hydrogen-bond donors (Lipinski definition) is 0. The summed E-state index contributed by atoms with van der Waals surface area (Å²) >= 11 is 3.87. The fraction of sp³-hybridized carbons (Fsp3) is 1.00. The first-order chi connectivity index (χ1) is 4.35. The molecule has 0 nitrogen and oxygen atoms in total. The molecule has 0 spiro atoms. The molecule has 0 atom stereocenters. The molecule has 0 aliphatic rings. The molecule has 0 fully saturated rings. The van der Waals surface area contributed by atoms with E-state index in [1.807, 2.05) is 0 Å². The number of halogens is 1. The molecule has 0 aromatic rings. The van der Waals surface area contributed by atoms with E-state index in [1.165, 1.54) is 6.38 Å². The van der Waals surface area contributed by atoms with Crippen LogP contribution in [0.5, 0.6) is 0 Å². The summed E-state index contributed by atoms with van der Waals surface area (Å²) in [7, 11) is 0. The molecule has 0 unspecified atom stereocenters. The fourth-order valence-corrected chi connectivity index (χ4v) is 5.81. The topological polar surface area (TPSA) is 0 Å². The van der Waals surface area contributed by atoms with Gasteiger partial charge in [-0.15, -0.1) is 11.6 Å². The Hall–Kier alpha value is 1.09. The van der Waals surface area contributed by atoms with E-state index < -0.39 is 19.8 Å². The van der Waals surface area contributed by atoms with Gasteiger partial charge in [0.1, 0.15) is 0 Å². The Morgan fingerprint density at radius 1 is 0.889 bits per heavy atom. The molecule has 0 aliphatic heterocycles. The molecule has 58 valence electrons. The molecule has 0 amide bonds. The summed E-state index contributed by atoms with van der Waals surface area (Å²) in [5.41, 5.74) is 0. The van der Waals surface area contributed by atoms with E-state index in [2.05, 4.69) is 32.4 Å². The Balaban J connectivity index is 0. The van der Waals surface area contributed by atoms with Crippen molar-refractivity contribution in [2.45, 2.75) is 34.1 Å². The monoisotopic (exact) mass is 258 g/mol. The Kier molecular flexibility index (Phi) is 16.7. The van der Waals surface area contributed by atoms with E-state index >= 15 is 0 Å². The maximum atomic E-state index is 4.64. The average Bonchev–Trinajstić information content (AvgIpc) is 1.96. The quantitative estimate of drug-likeness (QED) is 0.538. The third-order valence-corrected chi connectivity index (χ3v) is 11.6. The summed E-state index contributed by atoms with van der Waals surface area (Å²) in [6.07, 6.45) is 1.47. The van der Waals surface area contributed by atoms with Crippen LogP contribution in [0, 0.1) is 0 Å². The van der Waals surface area contributed by atoms with Crippen LogP contribution in [-0.2, 0) is 0 Å². The first-order valence-electron chi connectivity index (χ1n) is 3.72. The van der Waals surface area contributed by atoms with Gasteiger partial charge in [0.2, 0.25) is 0 Å². The second kappa shape index (κ2) is 11.8. The summed E-state index contributed by atoms with van der Waals surface area (Å²) < 4.78 is 4.69. The Morgan fingerprint density at radius 3 is 1.11 bits per heavy atom. The predicted molar refractivity (Wildman–Crippen MR) is 50.4 cm³/mol. The summed E-state index contributed by atoms with van der Waals surface area (Å²) in [6.45, 7) is 7.06. The van der Waals surface area contributed by atoms with Gasteiger partial charge in [-0.2, -0.15) is 0 Å². The molecular weight excluding hydrogens is 238 g/mol. The number of hydrogen-bond acceptors (Lipinski definition) is 0. The standard InChI is InChI=1S/3C2H5.CH3Cl.Sn.H/c4*1-2;;/h3*1H2,2H3;1H3;;. The van der Waals surface area contributed by atoms with Crippen LogP contribution >= 0.6 is 11.6 Å². The summed E-state index contributed by atoms with van der Waals surface area (Å²) in [5, 5.41) is 0. The fourth-order valence-electron chi connectivity index (χ4n) is 0.866. The van der Waals surface area contributed by atoms with Crippen LogP contribution in [0.15, 0.2) is 0 Å². The van der Waals surface area contributed by atoms with Crippen molar-refractivity contribution < 1.29 is 0 Å². The molecule has 9 heavy (non-hydrogen) atoms. The van der Waals surface area contributed by atoms with E-state index in [-0.39, 0.29) is 0 Å². The first-order valence-corrected chi connectivity index (χ1v) is 11.5. The van der Waals surface area contributed by atoms with Gasteiger partial charge in [0.25, 0.3) is 0 Å². The van der Waals surface area contributed by atoms with Crippen LogP contribution in [0.25, 0.3) is 0 Å². The third kappa shape index (κ3) is 9.09. The minimum atomic E-state index is -0.764. The van der Waals surface area contributed by atoms with Crippen molar-refractivity contribution in [1.82, 2.24) is 0 Å². The van der Waals surface area contributed by atoms with Crippen molar-refractivity contribution in [3.05, 3.63) is 0 Å². The average molecular weight is 257 g/mol. The molecule has 0 heterocycles. The zero-order valence-electron chi connectivity index (χ0n) is 7.08. The van der Waals surface area contributed by atoms with Gasteiger partial charge in [-0.25, -0.2) is 0 Å². The summed E-state index contributed by atoms with van der Waals surface area (Å²) in [4.78, 5) is 0. The van der Waals surface area contributed by atoms with Gasteiger partial charge in [0.15, 0.2) is 0 Å². The third-order valence-electron chi connectivity index (χ3n) is 1.73. The van der Waals surface area contributed by atoms with Crippen molar-refractivity contribution in [1.29, 1.82) is 0 Å². The van der Waals surface area contributed by atoms with Crippen LogP contribution in [-0.4, -0.2) is 26.1 Å². The Morgan fingerprint density at radius 2 is 1.11 bits per heavy atom. The maximum absolute atomic E-state index is 4.64. The summed E-state index contributed by atoms with van der Waals surface area (Å²) in [5.74, 6) is 0. The van der Waals surface area contributed by atoms with E-state index in [1.54, 1.807) is 13.3 Å². The van der Waals surface area contributed by atoms with Gasteiger partial charge in [0, 0.05) is 6.38 Å². The molecular formula is C7H19ClSn. The van der Waals surface area contributed by atoms with Crippen molar-refractivity contribution in [2.75, 3.05) is 6.38 Å². The minimum absolute atomic E-state index is 0.764. The van der Waals surface area contributed by atoms with Gasteiger partial charge in [0.05, 0.1) is 0 Å². The predicted octanol–water partition coefficient (Wildman–Crippen LogP) is 3.13. The SMILES string of the molecule is CCl.C[CH2][SnH]([CH2]C)[CH2]C. The zero-order chi connectivity index (χ0) is 7.70. The van der Waals surface area contributed by atoms with Crippen molar-refractivity contribution in [3.8, 4) is 0 Å². The van der Waals surface area contributed by atoms with E-state index in [4.69, 9.17) is 0 Å². The van der Waals surface area contributed by atoms with Crippen LogP contribution in [0.4, 0.5) is 0 Å². The van der Waals surface area contributed by atoms with Gasteiger partial charge in [-0.3, -0.25) is 0 Å². The molecule has 0 aliphatic carbocycles. The van der Waals surface area contributed by atoms with Crippen molar-refractivity contribution >= 4 is 31.4 Å². The molecule has 0 saturated carbocycles.